The molecule has 0 spiro atoms. The first-order chi connectivity index (χ1) is 9.06. The van der Waals surface area contributed by atoms with Gasteiger partial charge in [-0.2, -0.15) is 0 Å². The molecule has 0 nitrogen and oxygen atoms in total. The van der Waals surface area contributed by atoms with Gasteiger partial charge in [-0.05, 0) is 41.8 Å². The van der Waals surface area contributed by atoms with Gasteiger partial charge in [0.1, 0.15) is 5.82 Å². The summed E-state index contributed by atoms with van der Waals surface area (Å²) < 4.78 is 14.0. The summed E-state index contributed by atoms with van der Waals surface area (Å²) in [6.45, 7) is 0. The molecule has 0 aliphatic heterocycles. The average Bonchev–Trinajstić information content (AvgIpc) is 2.40. The third-order valence-electron chi connectivity index (χ3n) is 2.88. The lowest BCUT2D eigenvalue weighted by atomic mass is 10.0. The summed E-state index contributed by atoms with van der Waals surface area (Å²) >= 11 is 10.8. The van der Waals surface area contributed by atoms with E-state index in [1.54, 1.807) is 0 Å². The number of hydrogen-bond donors (Lipinski definition) is 0. The zero-order valence-corrected chi connectivity index (χ0v) is 14.8. The Morgan fingerprint density at radius 3 is 1.68 bits per heavy atom. The molecule has 0 amide bonds. The van der Waals surface area contributed by atoms with Crippen LogP contribution in [0.2, 0.25) is 0 Å². The smallest absolute Gasteiger partial charge is 0.123 e. The van der Waals surface area contributed by atoms with E-state index in [4.69, 9.17) is 0 Å². The van der Waals surface area contributed by atoms with Crippen molar-refractivity contribution in [3.8, 4) is 0 Å². The van der Waals surface area contributed by atoms with Gasteiger partial charge in [0.2, 0.25) is 0 Å². The predicted octanol–water partition coefficient (Wildman–Crippen LogP) is 6.55. The van der Waals surface area contributed by atoms with Crippen molar-refractivity contribution in [1.29, 1.82) is 0 Å². The molecular formula is C15H12Br3F. The fourth-order valence-corrected chi connectivity index (χ4v) is 3.92. The maximum absolute atomic E-state index is 12.9. The van der Waals surface area contributed by atoms with Crippen molar-refractivity contribution >= 4 is 47.8 Å². The summed E-state index contributed by atoms with van der Waals surface area (Å²) in [5, 5.41) is 0. The summed E-state index contributed by atoms with van der Waals surface area (Å²) in [6, 6.07) is 14.9. The molecule has 0 aliphatic rings. The highest BCUT2D eigenvalue weighted by Gasteiger charge is 2.15. The van der Waals surface area contributed by atoms with Gasteiger partial charge in [0, 0.05) is 14.1 Å². The summed E-state index contributed by atoms with van der Waals surface area (Å²) in [4.78, 5) is 0.455. The van der Waals surface area contributed by atoms with Crippen LogP contribution in [0.3, 0.4) is 0 Å². The highest BCUT2D eigenvalue weighted by Crippen LogP contribution is 2.37. The topological polar surface area (TPSA) is 0 Å². The van der Waals surface area contributed by atoms with Crippen LogP contribution in [0.25, 0.3) is 0 Å². The van der Waals surface area contributed by atoms with E-state index in [2.05, 4.69) is 59.9 Å². The van der Waals surface area contributed by atoms with Gasteiger partial charge in [0.15, 0.2) is 0 Å². The molecule has 0 fully saturated rings. The number of halogens is 4. The lowest BCUT2D eigenvalue weighted by Crippen LogP contribution is -1.96. The molecule has 0 aromatic heterocycles. The molecule has 2 atom stereocenters. The van der Waals surface area contributed by atoms with Gasteiger partial charge in [-0.3, -0.25) is 0 Å². The highest BCUT2D eigenvalue weighted by atomic mass is 79.9. The normalized spacial score (nSPS) is 14.1. The highest BCUT2D eigenvalue weighted by molar-refractivity contribution is 9.10. The molecule has 0 saturated carbocycles. The quantitative estimate of drug-likeness (QED) is 0.463. The Kier molecular flexibility index (Phi) is 5.60. The first-order valence-electron chi connectivity index (χ1n) is 5.85. The van der Waals surface area contributed by atoms with Gasteiger partial charge in [-0.1, -0.05) is 72.1 Å². The van der Waals surface area contributed by atoms with Crippen LogP contribution in [0.4, 0.5) is 4.39 Å². The first kappa shape index (κ1) is 15.2. The zero-order valence-electron chi connectivity index (χ0n) is 9.99. The largest absolute Gasteiger partial charge is 0.207 e. The Morgan fingerprint density at radius 2 is 1.21 bits per heavy atom. The molecule has 0 heterocycles. The monoisotopic (exact) mass is 448 g/mol. The molecule has 2 aromatic carbocycles. The second-order valence-electron chi connectivity index (χ2n) is 4.27. The van der Waals surface area contributed by atoms with Crippen molar-refractivity contribution < 1.29 is 4.39 Å². The van der Waals surface area contributed by atoms with Gasteiger partial charge in [0.05, 0.1) is 0 Å². The molecule has 2 rings (SSSR count). The Hall–Kier alpha value is -0.190. The molecule has 2 aromatic rings. The Labute approximate surface area is 137 Å². The van der Waals surface area contributed by atoms with Gasteiger partial charge in [-0.15, -0.1) is 0 Å². The van der Waals surface area contributed by atoms with Crippen LogP contribution in [-0.2, 0) is 0 Å². The first-order valence-corrected chi connectivity index (χ1v) is 8.48. The van der Waals surface area contributed by atoms with Crippen molar-refractivity contribution in [2.45, 2.75) is 16.1 Å². The number of hydrogen-bond acceptors (Lipinski definition) is 0. The molecule has 0 radical (unpaired) electrons. The minimum atomic E-state index is -0.202. The van der Waals surface area contributed by atoms with Crippen LogP contribution in [0, 0.1) is 5.82 Å². The molecule has 0 N–H and O–H groups in total. The summed E-state index contributed by atoms with van der Waals surface area (Å²) in [6.07, 6.45) is 0.896. The van der Waals surface area contributed by atoms with Crippen LogP contribution in [0.15, 0.2) is 53.0 Å². The molecule has 2 unspecified atom stereocenters. The van der Waals surface area contributed by atoms with Crippen molar-refractivity contribution in [3.05, 3.63) is 69.9 Å². The van der Waals surface area contributed by atoms with Crippen molar-refractivity contribution in [2.24, 2.45) is 0 Å². The van der Waals surface area contributed by atoms with Crippen LogP contribution in [-0.4, -0.2) is 0 Å². The van der Waals surface area contributed by atoms with E-state index in [-0.39, 0.29) is 15.5 Å². The Morgan fingerprint density at radius 1 is 0.789 bits per heavy atom. The Bertz CT molecular complexity index is 473. The minimum absolute atomic E-state index is 0.195. The zero-order chi connectivity index (χ0) is 13.8. The van der Waals surface area contributed by atoms with E-state index in [0.29, 0.717) is 0 Å². The molecular weight excluding hydrogens is 439 g/mol. The minimum Gasteiger partial charge on any atom is -0.207 e. The molecule has 4 heteroatoms. The SMILES string of the molecule is Fc1ccc(C(Br)CC(Br)c2ccc(Br)cc2)cc1. The van der Waals surface area contributed by atoms with Gasteiger partial charge in [0.25, 0.3) is 0 Å². The van der Waals surface area contributed by atoms with Gasteiger partial charge >= 0.3 is 0 Å². The van der Waals surface area contributed by atoms with E-state index in [1.807, 2.05) is 24.3 Å². The summed E-state index contributed by atoms with van der Waals surface area (Å²) in [5.41, 5.74) is 2.32. The van der Waals surface area contributed by atoms with Crippen molar-refractivity contribution in [2.75, 3.05) is 0 Å². The average molecular weight is 451 g/mol. The molecule has 19 heavy (non-hydrogen) atoms. The fourth-order valence-electron chi connectivity index (χ4n) is 1.80. The maximum atomic E-state index is 12.9. The summed E-state index contributed by atoms with van der Waals surface area (Å²) in [5.74, 6) is -0.202. The lowest BCUT2D eigenvalue weighted by Gasteiger charge is -2.15. The van der Waals surface area contributed by atoms with Crippen LogP contribution in [0.1, 0.15) is 27.2 Å². The number of alkyl halides is 2. The number of rotatable bonds is 4. The fraction of sp³-hybridized carbons (Fsp3) is 0.200. The number of benzene rings is 2. The summed E-state index contributed by atoms with van der Waals surface area (Å²) in [7, 11) is 0. The van der Waals surface area contributed by atoms with E-state index < -0.39 is 0 Å². The molecule has 100 valence electrons. The van der Waals surface area contributed by atoms with Crippen molar-refractivity contribution in [1.82, 2.24) is 0 Å². The van der Waals surface area contributed by atoms with E-state index in [0.717, 1.165) is 16.5 Å². The second-order valence-corrected chi connectivity index (χ2v) is 7.40. The van der Waals surface area contributed by atoms with Crippen LogP contribution >= 0.6 is 47.8 Å². The molecule has 0 bridgehead atoms. The van der Waals surface area contributed by atoms with Crippen LogP contribution < -0.4 is 0 Å². The van der Waals surface area contributed by atoms with Crippen LogP contribution in [0.5, 0.6) is 0 Å². The molecule has 0 saturated heterocycles. The van der Waals surface area contributed by atoms with E-state index >= 15 is 0 Å². The third-order valence-corrected chi connectivity index (χ3v) is 5.21. The molecule has 0 aliphatic carbocycles. The lowest BCUT2D eigenvalue weighted by molar-refractivity contribution is 0.626. The van der Waals surface area contributed by atoms with E-state index in [1.165, 1.54) is 17.7 Å². The van der Waals surface area contributed by atoms with Gasteiger partial charge < -0.3 is 0 Å². The second kappa shape index (κ2) is 7.00. The van der Waals surface area contributed by atoms with E-state index in [9.17, 15) is 4.39 Å². The standard InChI is InChI=1S/C15H12Br3F/c16-12-5-1-10(2-6-12)14(17)9-15(18)11-3-7-13(19)8-4-11/h1-8,14-15H,9H2. The maximum Gasteiger partial charge on any atom is 0.123 e. The third kappa shape index (κ3) is 4.40. The van der Waals surface area contributed by atoms with Crippen molar-refractivity contribution in [3.63, 3.8) is 0 Å². The van der Waals surface area contributed by atoms with Gasteiger partial charge in [-0.25, -0.2) is 4.39 Å². The predicted molar refractivity (Wildman–Crippen MR) is 88.5 cm³/mol. The Balaban J connectivity index is 2.03.